The zero-order valence-electron chi connectivity index (χ0n) is 13.4. The molecule has 0 atom stereocenters. The second kappa shape index (κ2) is 8.72. The molecule has 0 spiro atoms. The van der Waals surface area contributed by atoms with E-state index < -0.39 is 11.6 Å². The smallest absolute Gasteiger partial charge is 0.234 e. The molecule has 5 nitrogen and oxygen atoms in total. The number of carbonyl (C=O) groups excluding carboxylic acids is 1. The van der Waals surface area contributed by atoms with Gasteiger partial charge in [0.2, 0.25) is 11.0 Å². The summed E-state index contributed by atoms with van der Waals surface area (Å²) in [4.78, 5) is 11.9. The Morgan fingerprint density at radius 1 is 1.08 bits per heavy atom. The van der Waals surface area contributed by atoms with Crippen LogP contribution in [0.1, 0.15) is 5.56 Å². The fourth-order valence-corrected chi connectivity index (χ4v) is 3.61. The van der Waals surface area contributed by atoms with E-state index in [-0.39, 0.29) is 17.3 Å². The van der Waals surface area contributed by atoms with Crippen molar-refractivity contribution in [1.29, 1.82) is 0 Å². The summed E-state index contributed by atoms with van der Waals surface area (Å²) >= 11 is 2.54. The summed E-state index contributed by atoms with van der Waals surface area (Å²) in [5, 5.41) is 14.3. The SMILES string of the molecule is O=C(CSc1nnc(NCc2ccccc2)s1)Nc1cc(F)cc(F)c1. The molecule has 26 heavy (non-hydrogen) atoms. The maximum absolute atomic E-state index is 13.1. The second-order valence-corrected chi connectivity index (χ2v) is 7.41. The van der Waals surface area contributed by atoms with E-state index in [0.29, 0.717) is 16.0 Å². The number of nitrogens with one attached hydrogen (secondary N) is 2. The molecule has 2 aromatic carbocycles. The molecule has 0 aliphatic rings. The Bertz CT molecular complexity index is 869. The lowest BCUT2D eigenvalue weighted by Gasteiger charge is -2.04. The number of rotatable bonds is 7. The number of amides is 1. The van der Waals surface area contributed by atoms with Crippen LogP contribution in [-0.2, 0) is 11.3 Å². The van der Waals surface area contributed by atoms with Crippen molar-refractivity contribution in [3.05, 3.63) is 65.7 Å². The van der Waals surface area contributed by atoms with Gasteiger partial charge in [-0.3, -0.25) is 4.79 Å². The third-order valence-corrected chi connectivity index (χ3v) is 5.18. The molecular formula is C17H14F2N4OS2. The molecule has 9 heteroatoms. The van der Waals surface area contributed by atoms with Crippen molar-refractivity contribution in [2.75, 3.05) is 16.4 Å². The predicted octanol–water partition coefficient (Wildman–Crippen LogP) is 4.16. The Morgan fingerprint density at radius 2 is 1.81 bits per heavy atom. The molecule has 0 aliphatic carbocycles. The fourth-order valence-electron chi connectivity index (χ4n) is 2.06. The third kappa shape index (κ3) is 5.50. The summed E-state index contributed by atoms with van der Waals surface area (Å²) in [6.07, 6.45) is 0. The maximum atomic E-state index is 13.1. The lowest BCUT2D eigenvalue weighted by molar-refractivity contribution is -0.113. The minimum Gasteiger partial charge on any atom is -0.356 e. The Labute approximate surface area is 156 Å². The van der Waals surface area contributed by atoms with Gasteiger partial charge in [0, 0.05) is 18.3 Å². The van der Waals surface area contributed by atoms with Crippen molar-refractivity contribution >= 4 is 39.8 Å². The number of thioether (sulfide) groups is 1. The van der Waals surface area contributed by atoms with Gasteiger partial charge in [-0.15, -0.1) is 10.2 Å². The molecule has 0 saturated carbocycles. The molecule has 134 valence electrons. The largest absolute Gasteiger partial charge is 0.356 e. The van der Waals surface area contributed by atoms with Crippen LogP contribution in [0, 0.1) is 11.6 Å². The van der Waals surface area contributed by atoms with Crippen molar-refractivity contribution in [3.8, 4) is 0 Å². The van der Waals surface area contributed by atoms with Gasteiger partial charge in [-0.1, -0.05) is 53.4 Å². The van der Waals surface area contributed by atoms with Crippen LogP contribution in [0.3, 0.4) is 0 Å². The summed E-state index contributed by atoms with van der Waals surface area (Å²) in [5.74, 6) is -1.81. The van der Waals surface area contributed by atoms with E-state index in [2.05, 4.69) is 20.8 Å². The van der Waals surface area contributed by atoms with Gasteiger partial charge >= 0.3 is 0 Å². The first kappa shape index (κ1) is 18.3. The van der Waals surface area contributed by atoms with Crippen molar-refractivity contribution in [2.45, 2.75) is 10.9 Å². The number of hydrogen-bond acceptors (Lipinski definition) is 6. The van der Waals surface area contributed by atoms with Crippen LogP contribution in [0.5, 0.6) is 0 Å². The van der Waals surface area contributed by atoms with Crippen LogP contribution in [0.2, 0.25) is 0 Å². The quantitative estimate of drug-likeness (QED) is 0.591. The molecule has 0 bridgehead atoms. The highest BCUT2D eigenvalue weighted by Gasteiger charge is 2.09. The van der Waals surface area contributed by atoms with Gasteiger partial charge in [-0.05, 0) is 17.7 Å². The zero-order chi connectivity index (χ0) is 18.4. The average Bonchev–Trinajstić information content (AvgIpc) is 3.06. The Morgan fingerprint density at radius 3 is 2.54 bits per heavy atom. The Kier molecular flexibility index (Phi) is 6.13. The number of aromatic nitrogens is 2. The van der Waals surface area contributed by atoms with Crippen LogP contribution in [0.15, 0.2) is 52.9 Å². The number of anilines is 2. The van der Waals surface area contributed by atoms with E-state index in [1.807, 2.05) is 30.3 Å². The van der Waals surface area contributed by atoms with E-state index in [9.17, 15) is 13.6 Å². The molecule has 3 aromatic rings. The lowest BCUT2D eigenvalue weighted by Crippen LogP contribution is -2.14. The van der Waals surface area contributed by atoms with Gasteiger partial charge in [0.05, 0.1) is 5.75 Å². The number of hydrogen-bond donors (Lipinski definition) is 2. The normalized spacial score (nSPS) is 10.5. The highest BCUT2D eigenvalue weighted by atomic mass is 32.2. The first-order valence-electron chi connectivity index (χ1n) is 7.58. The Balaban J connectivity index is 1.47. The first-order chi connectivity index (χ1) is 12.6. The van der Waals surface area contributed by atoms with Crippen LogP contribution in [0.4, 0.5) is 19.6 Å². The lowest BCUT2D eigenvalue weighted by atomic mass is 10.2. The minimum absolute atomic E-state index is 0.0610. The van der Waals surface area contributed by atoms with Crippen LogP contribution < -0.4 is 10.6 Å². The molecular weight excluding hydrogens is 378 g/mol. The molecule has 0 unspecified atom stereocenters. The number of halogens is 2. The van der Waals surface area contributed by atoms with Crippen molar-refractivity contribution in [2.24, 2.45) is 0 Å². The van der Waals surface area contributed by atoms with Gasteiger partial charge in [-0.2, -0.15) is 0 Å². The van der Waals surface area contributed by atoms with E-state index in [0.717, 1.165) is 23.8 Å². The van der Waals surface area contributed by atoms with Gasteiger partial charge in [0.1, 0.15) is 11.6 Å². The fraction of sp³-hybridized carbons (Fsp3) is 0.118. The first-order valence-corrected chi connectivity index (χ1v) is 9.39. The van der Waals surface area contributed by atoms with Crippen LogP contribution in [0.25, 0.3) is 0 Å². The summed E-state index contributed by atoms with van der Waals surface area (Å²) in [5.41, 5.74) is 1.20. The second-order valence-electron chi connectivity index (χ2n) is 5.21. The van der Waals surface area contributed by atoms with Gasteiger partial charge in [-0.25, -0.2) is 8.78 Å². The predicted molar refractivity (Wildman–Crippen MR) is 99.4 cm³/mol. The molecule has 0 saturated heterocycles. The van der Waals surface area contributed by atoms with E-state index in [1.54, 1.807) is 0 Å². The summed E-state index contributed by atoms with van der Waals surface area (Å²) in [6, 6.07) is 12.7. The van der Waals surface area contributed by atoms with Crippen LogP contribution >= 0.6 is 23.1 Å². The van der Waals surface area contributed by atoms with Crippen molar-refractivity contribution in [1.82, 2.24) is 10.2 Å². The number of carbonyl (C=O) groups is 1. The standard InChI is InChI=1S/C17H14F2N4OS2/c18-12-6-13(19)8-14(7-12)21-15(24)10-25-17-23-22-16(26-17)20-9-11-4-2-1-3-5-11/h1-8H,9-10H2,(H,20,22)(H,21,24). The van der Waals surface area contributed by atoms with E-state index >= 15 is 0 Å². The summed E-state index contributed by atoms with van der Waals surface area (Å²) in [6.45, 7) is 0.631. The monoisotopic (exact) mass is 392 g/mol. The number of benzene rings is 2. The molecule has 0 radical (unpaired) electrons. The van der Waals surface area contributed by atoms with Gasteiger partial charge < -0.3 is 10.6 Å². The molecule has 1 aromatic heterocycles. The Hall–Kier alpha value is -2.52. The molecule has 3 rings (SSSR count). The third-order valence-electron chi connectivity index (χ3n) is 3.17. The van der Waals surface area contributed by atoms with Gasteiger partial charge in [0.15, 0.2) is 4.34 Å². The molecule has 1 amide bonds. The highest BCUT2D eigenvalue weighted by molar-refractivity contribution is 8.01. The summed E-state index contributed by atoms with van der Waals surface area (Å²) in [7, 11) is 0. The summed E-state index contributed by atoms with van der Waals surface area (Å²) < 4.78 is 26.8. The minimum atomic E-state index is -0.744. The highest BCUT2D eigenvalue weighted by Crippen LogP contribution is 2.26. The maximum Gasteiger partial charge on any atom is 0.234 e. The molecule has 1 heterocycles. The zero-order valence-corrected chi connectivity index (χ0v) is 15.0. The topological polar surface area (TPSA) is 66.9 Å². The van der Waals surface area contributed by atoms with E-state index in [4.69, 9.17) is 0 Å². The van der Waals surface area contributed by atoms with Crippen LogP contribution in [-0.4, -0.2) is 21.9 Å². The van der Waals surface area contributed by atoms with E-state index in [1.165, 1.54) is 23.1 Å². The molecule has 0 aliphatic heterocycles. The van der Waals surface area contributed by atoms with Gasteiger partial charge in [0.25, 0.3) is 0 Å². The molecule has 0 fully saturated rings. The number of nitrogens with zero attached hydrogens (tertiary/aromatic N) is 2. The van der Waals surface area contributed by atoms with Crippen molar-refractivity contribution in [3.63, 3.8) is 0 Å². The molecule has 2 N–H and O–H groups in total. The van der Waals surface area contributed by atoms with Crippen molar-refractivity contribution < 1.29 is 13.6 Å². The average molecular weight is 392 g/mol.